The first-order chi connectivity index (χ1) is 14.5. The van der Waals surface area contributed by atoms with E-state index in [0.717, 1.165) is 25.7 Å². The van der Waals surface area contributed by atoms with E-state index < -0.39 is 17.2 Å². The van der Waals surface area contributed by atoms with Crippen LogP contribution >= 0.6 is 0 Å². The van der Waals surface area contributed by atoms with Gasteiger partial charge in [-0.1, -0.05) is 12.1 Å². The first-order valence-corrected chi connectivity index (χ1v) is 9.87. The molecule has 0 bridgehead atoms. The van der Waals surface area contributed by atoms with Crippen LogP contribution in [0.25, 0.3) is 11.0 Å². The number of hydrogen-bond donors (Lipinski definition) is 3. The average molecular weight is 405 g/mol. The molecular weight excluding hydrogens is 386 g/mol. The van der Waals surface area contributed by atoms with Crippen molar-refractivity contribution in [3.8, 4) is 0 Å². The van der Waals surface area contributed by atoms with Gasteiger partial charge in [-0.15, -0.1) is 0 Å². The van der Waals surface area contributed by atoms with Crippen molar-refractivity contribution in [1.82, 2.24) is 19.9 Å². The number of carbonyl (C=O) groups is 2. The van der Waals surface area contributed by atoms with E-state index in [1.807, 2.05) is 0 Å². The molecule has 3 N–H and O–H groups in total. The third kappa shape index (κ3) is 3.38. The lowest BCUT2D eigenvalue weighted by Crippen LogP contribution is -2.30. The van der Waals surface area contributed by atoms with Crippen molar-refractivity contribution in [2.75, 3.05) is 5.32 Å². The molecule has 9 heteroatoms. The Bertz CT molecular complexity index is 1300. The fraction of sp³-hybridized carbons (Fsp3) is 0.286. The number of carbonyl (C=O) groups excluding carboxylic acids is 2. The molecule has 0 spiro atoms. The average Bonchev–Trinajstić information content (AvgIpc) is 3.64. The molecule has 1 aromatic carbocycles. The van der Waals surface area contributed by atoms with Gasteiger partial charge in [0, 0.05) is 18.3 Å². The molecule has 2 heterocycles. The lowest BCUT2D eigenvalue weighted by Gasteiger charge is -2.12. The summed E-state index contributed by atoms with van der Waals surface area (Å²) in [4.78, 5) is 56.2. The SMILES string of the molecule is O=C(Nc1ccccc1C(=O)NC1CC1)c1cnc2c(c1)c(=O)[nH]c(=O)n2C1CC1. The number of nitrogens with zero attached hydrogens (tertiary/aromatic N) is 2. The van der Waals surface area contributed by atoms with Crippen LogP contribution in [0.2, 0.25) is 0 Å². The van der Waals surface area contributed by atoms with Crippen LogP contribution in [0, 0.1) is 0 Å². The molecular formula is C21H19N5O4. The van der Waals surface area contributed by atoms with E-state index >= 15 is 0 Å². The van der Waals surface area contributed by atoms with E-state index in [4.69, 9.17) is 0 Å². The minimum atomic E-state index is -0.585. The Hall–Kier alpha value is -3.75. The summed E-state index contributed by atoms with van der Waals surface area (Å²) in [6, 6.07) is 8.38. The Morgan fingerprint density at radius 2 is 1.83 bits per heavy atom. The predicted molar refractivity (Wildman–Crippen MR) is 110 cm³/mol. The summed E-state index contributed by atoms with van der Waals surface area (Å²) in [6.45, 7) is 0. The van der Waals surface area contributed by atoms with Crippen LogP contribution in [0.15, 0.2) is 46.1 Å². The predicted octanol–water partition coefficient (Wildman–Crippen LogP) is 1.56. The molecule has 0 radical (unpaired) electrons. The minimum absolute atomic E-state index is 0.0286. The standard InChI is InChI=1S/C21H19N5O4/c27-18(24-16-4-2-1-3-14(16)19(28)23-12-5-6-12)11-9-15-17(22-10-11)26(13-7-8-13)21(30)25-20(15)29/h1-4,9-10,12-13H,5-8H2,(H,23,28)(H,24,27)(H,25,29,30). The van der Waals surface area contributed by atoms with Gasteiger partial charge in [0.1, 0.15) is 5.65 Å². The van der Waals surface area contributed by atoms with Crippen molar-refractivity contribution < 1.29 is 9.59 Å². The third-order valence-corrected chi connectivity index (χ3v) is 5.29. The Balaban J connectivity index is 1.47. The molecule has 30 heavy (non-hydrogen) atoms. The van der Waals surface area contributed by atoms with E-state index in [1.165, 1.54) is 16.8 Å². The van der Waals surface area contributed by atoms with Gasteiger partial charge in [0.05, 0.1) is 22.2 Å². The summed E-state index contributed by atoms with van der Waals surface area (Å²) in [5, 5.41) is 5.80. The number of nitrogens with one attached hydrogen (secondary N) is 3. The number of para-hydroxylation sites is 1. The fourth-order valence-corrected chi connectivity index (χ4v) is 3.41. The van der Waals surface area contributed by atoms with Gasteiger partial charge >= 0.3 is 5.69 Å². The zero-order valence-electron chi connectivity index (χ0n) is 16.0. The van der Waals surface area contributed by atoms with Crippen LogP contribution in [0.3, 0.4) is 0 Å². The Morgan fingerprint density at radius 1 is 1.07 bits per heavy atom. The molecule has 3 aromatic rings. The van der Waals surface area contributed by atoms with Gasteiger partial charge in [-0.2, -0.15) is 0 Å². The molecule has 2 fully saturated rings. The molecule has 0 aliphatic heterocycles. The van der Waals surface area contributed by atoms with Crippen LogP contribution in [-0.2, 0) is 0 Å². The molecule has 2 saturated carbocycles. The summed E-state index contributed by atoms with van der Waals surface area (Å²) >= 11 is 0. The van der Waals surface area contributed by atoms with Gasteiger partial charge < -0.3 is 10.6 Å². The highest BCUT2D eigenvalue weighted by Gasteiger charge is 2.28. The second-order valence-electron chi connectivity index (χ2n) is 7.70. The highest BCUT2D eigenvalue weighted by molar-refractivity contribution is 6.09. The lowest BCUT2D eigenvalue weighted by molar-refractivity contribution is 0.0952. The Morgan fingerprint density at radius 3 is 2.57 bits per heavy atom. The maximum atomic E-state index is 12.8. The first kappa shape index (κ1) is 18.3. The maximum Gasteiger partial charge on any atom is 0.330 e. The van der Waals surface area contributed by atoms with Crippen molar-refractivity contribution in [2.45, 2.75) is 37.8 Å². The Kier molecular flexibility index (Phi) is 4.23. The summed E-state index contributed by atoms with van der Waals surface area (Å²) in [7, 11) is 0. The highest BCUT2D eigenvalue weighted by atomic mass is 16.2. The molecule has 2 aromatic heterocycles. The molecule has 0 atom stereocenters. The maximum absolute atomic E-state index is 12.8. The summed E-state index contributed by atoms with van der Waals surface area (Å²) in [6.07, 6.45) is 4.96. The Labute approximate surface area is 170 Å². The molecule has 5 rings (SSSR count). The van der Waals surface area contributed by atoms with Crippen molar-refractivity contribution in [2.24, 2.45) is 0 Å². The molecule has 2 aliphatic carbocycles. The van der Waals surface area contributed by atoms with Crippen molar-refractivity contribution in [1.29, 1.82) is 0 Å². The van der Waals surface area contributed by atoms with Gasteiger partial charge in [0.25, 0.3) is 17.4 Å². The summed E-state index contributed by atoms with van der Waals surface area (Å²) in [5.41, 5.74) is 0.0940. The van der Waals surface area contributed by atoms with Gasteiger partial charge in [0.15, 0.2) is 0 Å². The molecule has 152 valence electrons. The monoisotopic (exact) mass is 405 g/mol. The topological polar surface area (TPSA) is 126 Å². The van der Waals surface area contributed by atoms with Gasteiger partial charge in [-0.25, -0.2) is 9.78 Å². The number of aromatic amines is 1. The quantitative estimate of drug-likeness (QED) is 0.594. The zero-order chi connectivity index (χ0) is 20.8. The second kappa shape index (κ2) is 6.94. The lowest BCUT2D eigenvalue weighted by atomic mass is 10.1. The molecule has 2 amide bonds. The number of aromatic nitrogens is 3. The van der Waals surface area contributed by atoms with Crippen LogP contribution in [0.1, 0.15) is 52.4 Å². The van der Waals surface area contributed by atoms with E-state index in [9.17, 15) is 19.2 Å². The van der Waals surface area contributed by atoms with Crippen LogP contribution < -0.4 is 21.9 Å². The number of fused-ring (bicyclic) bond motifs is 1. The smallest absolute Gasteiger partial charge is 0.330 e. The number of pyridine rings is 1. The number of amides is 2. The van der Waals surface area contributed by atoms with E-state index in [-0.39, 0.29) is 34.6 Å². The molecule has 9 nitrogen and oxygen atoms in total. The third-order valence-electron chi connectivity index (χ3n) is 5.29. The van der Waals surface area contributed by atoms with Crippen LogP contribution in [-0.4, -0.2) is 32.4 Å². The van der Waals surface area contributed by atoms with Gasteiger partial charge in [-0.3, -0.25) is 23.9 Å². The van der Waals surface area contributed by atoms with Gasteiger partial charge in [-0.05, 0) is 43.9 Å². The fourth-order valence-electron chi connectivity index (χ4n) is 3.41. The zero-order valence-corrected chi connectivity index (χ0v) is 16.0. The minimum Gasteiger partial charge on any atom is -0.349 e. The number of hydrogen-bond acceptors (Lipinski definition) is 5. The normalized spacial score (nSPS) is 15.7. The number of benzene rings is 1. The first-order valence-electron chi connectivity index (χ1n) is 9.87. The van der Waals surface area contributed by atoms with Crippen LogP contribution in [0.5, 0.6) is 0 Å². The summed E-state index contributed by atoms with van der Waals surface area (Å²) < 4.78 is 1.47. The van der Waals surface area contributed by atoms with Crippen molar-refractivity contribution >= 4 is 28.5 Å². The van der Waals surface area contributed by atoms with E-state index in [2.05, 4.69) is 20.6 Å². The highest BCUT2D eigenvalue weighted by Crippen LogP contribution is 2.34. The summed E-state index contributed by atoms with van der Waals surface area (Å²) in [5.74, 6) is -0.741. The number of rotatable bonds is 5. The largest absolute Gasteiger partial charge is 0.349 e. The second-order valence-corrected chi connectivity index (χ2v) is 7.70. The van der Waals surface area contributed by atoms with Gasteiger partial charge in [0.2, 0.25) is 0 Å². The van der Waals surface area contributed by atoms with Crippen LogP contribution in [0.4, 0.5) is 5.69 Å². The van der Waals surface area contributed by atoms with Crippen molar-refractivity contribution in [3.05, 3.63) is 68.5 Å². The van der Waals surface area contributed by atoms with E-state index in [0.29, 0.717) is 11.3 Å². The number of anilines is 1. The molecule has 0 saturated heterocycles. The molecule has 2 aliphatic rings. The number of H-pyrrole nitrogens is 1. The van der Waals surface area contributed by atoms with Crippen molar-refractivity contribution in [3.63, 3.8) is 0 Å². The van der Waals surface area contributed by atoms with E-state index in [1.54, 1.807) is 24.3 Å². The molecule has 0 unspecified atom stereocenters.